The van der Waals surface area contributed by atoms with Crippen molar-refractivity contribution < 1.29 is 22.4 Å². The van der Waals surface area contributed by atoms with Crippen molar-refractivity contribution in [3.63, 3.8) is 0 Å². The maximum Gasteiger partial charge on any atom is 0.471 e. The third-order valence-corrected chi connectivity index (χ3v) is 7.20. The summed E-state index contributed by atoms with van der Waals surface area (Å²) in [4.78, 5) is 15.9. The number of para-hydroxylation sites is 1. The molecule has 4 aromatic rings. The summed E-state index contributed by atoms with van der Waals surface area (Å²) in [5.74, 6) is -1.74. The molecule has 0 aliphatic rings. The van der Waals surface area contributed by atoms with Gasteiger partial charge < -0.3 is 13.8 Å². The van der Waals surface area contributed by atoms with Gasteiger partial charge in [0.05, 0.1) is 11.7 Å². The lowest BCUT2D eigenvalue weighted by Crippen LogP contribution is -2.22. The highest BCUT2D eigenvalue weighted by molar-refractivity contribution is 6.76. The van der Waals surface area contributed by atoms with Crippen molar-refractivity contribution in [2.45, 2.75) is 51.6 Å². The lowest BCUT2D eigenvalue weighted by Gasteiger charge is -2.16. The first-order chi connectivity index (χ1) is 16.5. The summed E-state index contributed by atoms with van der Waals surface area (Å²) in [6.07, 6.45) is -0.884. The first kappa shape index (κ1) is 24.9. The molecule has 12 heteroatoms. The predicted octanol–water partition coefficient (Wildman–Crippen LogP) is 4.82. The van der Waals surface area contributed by atoms with Crippen molar-refractivity contribution in [1.82, 2.24) is 24.5 Å². The van der Waals surface area contributed by atoms with E-state index < -0.39 is 20.1 Å². The van der Waals surface area contributed by atoms with E-state index in [2.05, 4.69) is 39.4 Å². The standard InChI is InChI=1S/C23H26F3N5O3Si/c1-35(2,3)12-11-33-15-31-20-16(5-4-6-18(20)14-27-31)7-9-30-10-8-17(13-19(30)32)21-28-22(34-29-21)23(24,25)26/h4-6,8,10,13-14H,7,9,11-12,15H2,1-3H3. The van der Waals surface area contributed by atoms with Crippen molar-refractivity contribution in [3.05, 3.63) is 64.5 Å². The van der Waals surface area contributed by atoms with Gasteiger partial charge in [-0.1, -0.05) is 43.0 Å². The number of aromatic nitrogens is 5. The van der Waals surface area contributed by atoms with Crippen LogP contribution in [0.3, 0.4) is 0 Å². The number of pyridine rings is 1. The lowest BCUT2D eigenvalue weighted by atomic mass is 10.1. The van der Waals surface area contributed by atoms with Crippen LogP contribution >= 0.6 is 0 Å². The maximum absolute atomic E-state index is 12.7. The molecule has 0 N–H and O–H groups in total. The third kappa shape index (κ3) is 6.06. The number of nitrogens with zero attached hydrogens (tertiary/aromatic N) is 5. The second-order valence-electron chi connectivity index (χ2n) is 9.47. The minimum Gasteiger partial charge on any atom is -0.360 e. The van der Waals surface area contributed by atoms with Crippen LogP contribution in [0.4, 0.5) is 13.2 Å². The monoisotopic (exact) mass is 505 g/mol. The smallest absolute Gasteiger partial charge is 0.360 e. The number of aryl methyl sites for hydroxylation is 2. The molecule has 1 aromatic carbocycles. The quantitative estimate of drug-likeness (QED) is 0.239. The molecule has 3 aromatic heterocycles. The van der Waals surface area contributed by atoms with E-state index in [0.717, 1.165) is 22.5 Å². The van der Waals surface area contributed by atoms with E-state index in [4.69, 9.17) is 4.74 Å². The Kier molecular flexibility index (Phi) is 6.95. The fraction of sp³-hybridized carbons (Fsp3) is 0.391. The van der Waals surface area contributed by atoms with Gasteiger partial charge in [0.25, 0.3) is 5.56 Å². The SMILES string of the molecule is C[Si](C)(C)CCOCn1ncc2cccc(CCn3ccc(-c4noc(C(F)(F)F)n4)cc3=O)c21. The molecule has 186 valence electrons. The number of rotatable bonds is 9. The maximum atomic E-state index is 12.7. The van der Waals surface area contributed by atoms with Crippen LogP contribution in [0.25, 0.3) is 22.3 Å². The summed E-state index contributed by atoms with van der Waals surface area (Å²) in [5.41, 5.74) is 1.74. The molecule has 0 saturated heterocycles. The topological polar surface area (TPSA) is 88.0 Å². The van der Waals surface area contributed by atoms with Crippen molar-refractivity contribution in [1.29, 1.82) is 0 Å². The molecule has 0 atom stereocenters. The summed E-state index contributed by atoms with van der Waals surface area (Å²) in [6.45, 7) is 8.31. The molecular weight excluding hydrogens is 479 g/mol. The highest BCUT2D eigenvalue weighted by Gasteiger charge is 2.38. The van der Waals surface area contributed by atoms with Gasteiger partial charge in [-0.15, -0.1) is 0 Å². The van der Waals surface area contributed by atoms with Crippen LogP contribution in [0.2, 0.25) is 25.7 Å². The summed E-state index contributed by atoms with van der Waals surface area (Å²) < 4.78 is 51.5. The Balaban J connectivity index is 1.47. The molecule has 4 rings (SSSR count). The molecule has 0 fully saturated rings. The van der Waals surface area contributed by atoms with Crippen molar-refractivity contribution in [3.8, 4) is 11.4 Å². The number of alkyl halides is 3. The zero-order chi connectivity index (χ0) is 25.2. The molecule has 0 aliphatic carbocycles. The second kappa shape index (κ2) is 9.78. The van der Waals surface area contributed by atoms with Crippen LogP contribution in [0.1, 0.15) is 11.5 Å². The van der Waals surface area contributed by atoms with E-state index in [-0.39, 0.29) is 16.9 Å². The van der Waals surface area contributed by atoms with Crippen LogP contribution in [0, 0.1) is 0 Å². The van der Waals surface area contributed by atoms with Crippen molar-refractivity contribution >= 4 is 19.0 Å². The number of fused-ring (bicyclic) bond motifs is 1. The molecule has 0 bridgehead atoms. The van der Waals surface area contributed by atoms with Crippen molar-refractivity contribution in [2.75, 3.05) is 6.61 Å². The molecule has 0 amide bonds. The first-order valence-electron chi connectivity index (χ1n) is 11.1. The van der Waals surface area contributed by atoms with E-state index in [0.29, 0.717) is 26.3 Å². The molecule has 0 saturated carbocycles. The number of hydrogen-bond donors (Lipinski definition) is 0. The highest BCUT2D eigenvalue weighted by atomic mass is 28.3. The second-order valence-corrected chi connectivity index (χ2v) is 15.1. The van der Waals surface area contributed by atoms with Crippen LogP contribution in [-0.2, 0) is 30.6 Å². The Morgan fingerprint density at radius 2 is 1.97 bits per heavy atom. The van der Waals surface area contributed by atoms with Gasteiger partial charge in [0.15, 0.2) is 0 Å². The van der Waals surface area contributed by atoms with E-state index in [9.17, 15) is 18.0 Å². The molecular formula is C23H26F3N5O3Si. The first-order valence-corrected chi connectivity index (χ1v) is 14.8. The number of ether oxygens (including phenoxy) is 1. The third-order valence-electron chi connectivity index (χ3n) is 5.50. The van der Waals surface area contributed by atoms with Crippen LogP contribution < -0.4 is 5.56 Å². The summed E-state index contributed by atoms with van der Waals surface area (Å²) >= 11 is 0. The fourth-order valence-corrected chi connectivity index (χ4v) is 4.33. The van der Waals surface area contributed by atoms with Crippen LogP contribution in [0.15, 0.2) is 52.0 Å². The van der Waals surface area contributed by atoms with Crippen LogP contribution in [-0.4, -0.2) is 39.2 Å². The van der Waals surface area contributed by atoms with Gasteiger partial charge in [-0.05, 0) is 24.1 Å². The van der Waals surface area contributed by atoms with Crippen molar-refractivity contribution in [2.24, 2.45) is 0 Å². The van der Waals surface area contributed by atoms with Gasteiger partial charge in [-0.25, -0.2) is 4.68 Å². The molecule has 35 heavy (non-hydrogen) atoms. The Hall–Kier alpha value is -3.25. The van der Waals surface area contributed by atoms with Gasteiger partial charge in [0.2, 0.25) is 5.82 Å². The summed E-state index contributed by atoms with van der Waals surface area (Å²) in [6, 6.07) is 9.66. The summed E-state index contributed by atoms with van der Waals surface area (Å²) in [5, 5.41) is 8.77. The highest BCUT2D eigenvalue weighted by Crippen LogP contribution is 2.29. The van der Waals surface area contributed by atoms with Gasteiger partial charge >= 0.3 is 12.1 Å². The minimum absolute atomic E-state index is 0.154. The van der Waals surface area contributed by atoms with E-state index in [1.54, 1.807) is 6.20 Å². The lowest BCUT2D eigenvalue weighted by molar-refractivity contribution is -0.159. The minimum atomic E-state index is -4.74. The molecule has 0 unspecified atom stereocenters. The van der Waals surface area contributed by atoms with Gasteiger partial charge in [-0.3, -0.25) is 4.79 Å². The Morgan fingerprint density at radius 3 is 2.66 bits per heavy atom. The molecule has 0 spiro atoms. The summed E-state index contributed by atoms with van der Waals surface area (Å²) in [7, 11) is -1.18. The van der Waals surface area contributed by atoms with Gasteiger partial charge in [0, 0.05) is 44.4 Å². The molecule has 3 heterocycles. The average molecular weight is 506 g/mol. The van der Waals surface area contributed by atoms with E-state index >= 15 is 0 Å². The number of halogens is 3. The Labute approximate surface area is 200 Å². The van der Waals surface area contributed by atoms with Gasteiger partial charge in [0.1, 0.15) is 6.73 Å². The zero-order valence-electron chi connectivity index (χ0n) is 19.7. The molecule has 0 aliphatic heterocycles. The molecule has 8 nitrogen and oxygen atoms in total. The van der Waals surface area contributed by atoms with E-state index in [1.165, 1.54) is 22.9 Å². The average Bonchev–Trinajstić information content (AvgIpc) is 3.43. The van der Waals surface area contributed by atoms with E-state index in [1.807, 2.05) is 22.9 Å². The number of hydrogen-bond acceptors (Lipinski definition) is 6. The fourth-order valence-electron chi connectivity index (χ4n) is 3.58. The zero-order valence-corrected chi connectivity index (χ0v) is 20.7. The molecule has 0 radical (unpaired) electrons. The Morgan fingerprint density at radius 1 is 1.17 bits per heavy atom. The Bertz CT molecular complexity index is 1370. The van der Waals surface area contributed by atoms with Crippen LogP contribution in [0.5, 0.6) is 0 Å². The number of benzene rings is 1. The normalized spacial score (nSPS) is 12.5. The predicted molar refractivity (Wildman–Crippen MR) is 127 cm³/mol. The van der Waals surface area contributed by atoms with Gasteiger partial charge in [-0.2, -0.15) is 23.3 Å². The largest absolute Gasteiger partial charge is 0.471 e.